The van der Waals surface area contributed by atoms with E-state index in [0.717, 1.165) is 87.2 Å². The highest BCUT2D eigenvalue weighted by Gasteiger charge is 2.68. The Morgan fingerprint density at radius 1 is 0.277 bits per heavy atom. The lowest BCUT2D eigenvalue weighted by molar-refractivity contribution is -0.175. The molecular weight excluding hydrogens is 797 g/mol. The summed E-state index contributed by atoms with van der Waals surface area (Å²) in [5.41, 5.74) is 4.53. The van der Waals surface area contributed by atoms with Crippen molar-refractivity contribution in [1.29, 1.82) is 0 Å². The Balaban J connectivity index is 1.13. The van der Waals surface area contributed by atoms with E-state index < -0.39 is 29.2 Å². The van der Waals surface area contributed by atoms with Crippen LogP contribution in [0.1, 0.15) is 33.4 Å². The quantitative estimate of drug-likeness (QED) is 0.185. The normalized spacial score (nSPS) is 18.6. The van der Waals surface area contributed by atoms with Crippen LogP contribution in [-0.2, 0) is 26.5 Å². The zero-order valence-electron chi connectivity index (χ0n) is 35.2. The highest BCUT2D eigenvalue weighted by molar-refractivity contribution is 6.12. The first-order valence-electron chi connectivity index (χ1n) is 22.4. The maximum Gasteiger partial charge on any atom is 0.223 e. The van der Waals surface area contributed by atoms with Crippen molar-refractivity contribution in [3.8, 4) is 22.3 Å². The molecule has 65 heavy (non-hydrogen) atoms. The lowest BCUT2D eigenvalue weighted by atomic mass is 9.74. The van der Waals surface area contributed by atoms with Crippen LogP contribution < -0.4 is 0 Å². The number of hydrogen-bond donors (Lipinski definition) is 2. The van der Waals surface area contributed by atoms with Crippen LogP contribution in [0.2, 0.25) is 0 Å². The van der Waals surface area contributed by atoms with Gasteiger partial charge in [0.15, 0.2) is 0 Å². The highest BCUT2D eigenvalue weighted by Crippen LogP contribution is 2.64. The Morgan fingerprint density at radius 3 is 0.969 bits per heavy atom. The average molecular weight is 837 g/mol. The molecule has 2 N–H and O–H groups in total. The van der Waals surface area contributed by atoms with Crippen molar-refractivity contribution >= 4 is 53.9 Å². The van der Waals surface area contributed by atoms with E-state index in [-0.39, 0.29) is 0 Å². The molecule has 1 heterocycles. The van der Waals surface area contributed by atoms with E-state index in [9.17, 15) is 10.2 Å². The molecular formula is C61H40O4. The second kappa shape index (κ2) is 13.3. The molecule has 11 aromatic rings. The number of rotatable bonds is 4. The smallest absolute Gasteiger partial charge is 0.223 e. The number of ether oxygens (including phenoxy) is 2. The van der Waals surface area contributed by atoms with Crippen molar-refractivity contribution in [2.45, 2.75) is 29.2 Å². The first-order valence-corrected chi connectivity index (χ1v) is 22.4. The van der Waals surface area contributed by atoms with Gasteiger partial charge in [-0.25, -0.2) is 0 Å². The Hall–Kier alpha value is -7.44. The van der Waals surface area contributed by atoms with Gasteiger partial charge in [-0.2, -0.15) is 0 Å². The number of fused-ring (bicyclic) bond motifs is 15. The maximum atomic E-state index is 14.6. The van der Waals surface area contributed by atoms with Crippen molar-refractivity contribution in [3.63, 3.8) is 0 Å². The molecule has 14 rings (SSSR count). The van der Waals surface area contributed by atoms with Crippen LogP contribution in [0.5, 0.6) is 0 Å². The molecule has 2 aliphatic carbocycles. The van der Waals surface area contributed by atoms with Crippen LogP contribution in [0.25, 0.3) is 76.1 Å². The van der Waals surface area contributed by atoms with E-state index in [4.69, 9.17) is 9.47 Å². The number of aliphatic hydroxyl groups is 2. The monoisotopic (exact) mass is 836 g/mol. The molecule has 1 aliphatic heterocycles. The Kier molecular flexibility index (Phi) is 7.57. The number of hydrogen-bond acceptors (Lipinski definition) is 4. The molecule has 3 aliphatic rings. The summed E-state index contributed by atoms with van der Waals surface area (Å²) in [7, 11) is 0. The lowest BCUT2D eigenvalue weighted by Gasteiger charge is -2.40. The summed E-state index contributed by atoms with van der Waals surface area (Å²) >= 11 is 0. The predicted molar refractivity (Wildman–Crippen MR) is 261 cm³/mol. The molecule has 2 atom stereocenters. The van der Waals surface area contributed by atoms with E-state index in [0.29, 0.717) is 22.3 Å². The third kappa shape index (κ3) is 4.79. The molecule has 308 valence electrons. The Bertz CT molecular complexity index is 3430. The second-order valence-electron chi connectivity index (χ2n) is 18.0. The van der Waals surface area contributed by atoms with Gasteiger partial charge in [0.1, 0.15) is 23.4 Å². The summed E-state index contributed by atoms with van der Waals surface area (Å²) in [4.78, 5) is 0. The van der Waals surface area contributed by atoms with Crippen LogP contribution in [0.3, 0.4) is 0 Å². The van der Waals surface area contributed by atoms with Crippen LogP contribution in [0.15, 0.2) is 218 Å². The minimum atomic E-state index is -1.84. The van der Waals surface area contributed by atoms with E-state index in [1.165, 1.54) is 0 Å². The predicted octanol–water partition coefficient (Wildman–Crippen LogP) is 13.3. The summed E-state index contributed by atoms with van der Waals surface area (Å²) < 4.78 is 15.8. The molecule has 0 aromatic heterocycles. The molecule has 0 saturated carbocycles. The van der Waals surface area contributed by atoms with Crippen molar-refractivity contribution in [2.75, 3.05) is 0 Å². The standard InChI is InChI=1S/C61H40O4/c62-59(49-33-29-38-16-5-10-24-44(38)53(49)54-45-25-11-6-17-39(45)30-34-50(54)59)57-58(65-61(64-57,42-21-2-1-3-22-42)48-28-14-20-37-15-4-9-23-43(37)48)60(63)51-35-31-40-18-7-12-26-46(40)55(51)56-47-27-13-8-19-41(47)32-36-52(56)60/h1-36,57-58,62-63H/t57-,58-/m1/s1. The first kappa shape index (κ1) is 37.0. The first-order chi connectivity index (χ1) is 32.0. The Morgan fingerprint density at radius 2 is 0.585 bits per heavy atom. The van der Waals surface area contributed by atoms with Gasteiger partial charge in [0.05, 0.1) is 0 Å². The van der Waals surface area contributed by atoms with Gasteiger partial charge in [-0.05, 0) is 98.4 Å². The zero-order chi connectivity index (χ0) is 43.1. The van der Waals surface area contributed by atoms with Crippen molar-refractivity contribution < 1.29 is 19.7 Å². The number of benzene rings is 11. The van der Waals surface area contributed by atoms with Crippen LogP contribution in [-0.4, -0.2) is 22.4 Å². The highest BCUT2D eigenvalue weighted by atomic mass is 16.8. The fourth-order valence-electron chi connectivity index (χ4n) is 12.0. The maximum absolute atomic E-state index is 14.6. The topological polar surface area (TPSA) is 58.9 Å². The van der Waals surface area contributed by atoms with Gasteiger partial charge in [0.25, 0.3) is 0 Å². The summed E-state index contributed by atoms with van der Waals surface area (Å²) in [5.74, 6) is -1.60. The molecule has 4 heteroatoms. The van der Waals surface area contributed by atoms with Gasteiger partial charge in [0, 0.05) is 11.1 Å². The molecule has 0 unspecified atom stereocenters. The fraction of sp³-hybridized carbons (Fsp3) is 0.0820. The van der Waals surface area contributed by atoms with Gasteiger partial charge in [-0.3, -0.25) is 0 Å². The van der Waals surface area contributed by atoms with Crippen LogP contribution >= 0.6 is 0 Å². The molecule has 0 amide bonds. The van der Waals surface area contributed by atoms with Gasteiger partial charge in [-0.15, -0.1) is 0 Å². The SMILES string of the molecule is OC1([C@@H]2OC(c3ccccc3)(c3cccc4ccccc34)O[C@H]2C2(O)c3ccc4ccccc4c3-c3c2ccc2ccccc32)c2ccc3ccccc3c2-c2c1ccc1ccccc21. The van der Waals surface area contributed by atoms with Crippen LogP contribution in [0.4, 0.5) is 0 Å². The third-order valence-electron chi connectivity index (χ3n) is 14.8. The van der Waals surface area contributed by atoms with Gasteiger partial charge in [-0.1, -0.05) is 218 Å². The average Bonchev–Trinajstić information content (AvgIpc) is 4.01. The minimum Gasteiger partial charge on any atom is -0.377 e. The Labute approximate surface area is 375 Å². The third-order valence-corrected chi connectivity index (χ3v) is 14.8. The fourth-order valence-corrected chi connectivity index (χ4v) is 12.0. The second-order valence-corrected chi connectivity index (χ2v) is 18.0. The molecule has 1 saturated heterocycles. The molecule has 1 fully saturated rings. The molecule has 0 radical (unpaired) electrons. The molecule has 0 bridgehead atoms. The lowest BCUT2D eigenvalue weighted by Crippen LogP contribution is -2.53. The largest absolute Gasteiger partial charge is 0.377 e. The minimum absolute atomic E-state index is 0.710. The summed E-state index contributed by atoms with van der Waals surface area (Å²) in [6.07, 6.45) is -2.38. The van der Waals surface area contributed by atoms with E-state index in [2.05, 4.69) is 170 Å². The molecule has 4 nitrogen and oxygen atoms in total. The van der Waals surface area contributed by atoms with E-state index in [1.54, 1.807) is 0 Å². The van der Waals surface area contributed by atoms with Crippen molar-refractivity contribution in [3.05, 3.63) is 252 Å². The summed E-state index contributed by atoms with van der Waals surface area (Å²) in [6, 6.07) is 74.7. The molecule has 11 aromatic carbocycles. The van der Waals surface area contributed by atoms with Gasteiger partial charge >= 0.3 is 0 Å². The summed E-state index contributed by atoms with van der Waals surface area (Å²) in [5, 5.41) is 39.6. The van der Waals surface area contributed by atoms with Gasteiger partial charge in [0.2, 0.25) is 5.79 Å². The zero-order valence-corrected chi connectivity index (χ0v) is 35.2. The summed E-state index contributed by atoms with van der Waals surface area (Å²) in [6.45, 7) is 0. The van der Waals surface area contributed by atoms with E-state index >= 15 is 0 Å². The van der Waals surface area contributed by atoms with Crippen LogP contribution in [0, 0.1) is 0 Å². The van der Waals surface area contributed by atoms with E-state index in [1.807, 2.05) is 48.5 Å². The van der Waals surface area contributed by atoms with Gasteiger partial charge < -0.3 is 19.7 Å². The van der Waals surface area contributed by atoms with Crippen molar-refractivity contribution in [1.82, 2.24) is 0 Å². The van der Waals surface area contributed by atoms with Crippen molar-refractivity contribution in [2.24, 2.45) is 0 Å². The molecule has 0 spiro atoms.